The average Bonchev–Trinajstić information content (AvgIpc) is 2.71. The van der Waals surface area contributed by atoms with Crippen LogP contribution in [-0.2, 0) is 14.3 Å². The second kappa shape index (κ2) is 8.50. The Labute approximate surface area is 194 Å². The third-order valence-corrected chi connectivity index (χ3v) is 6.97. The number of benzene rings is 1. The molecule has 3 N–H and O–H groups in total. The highest BCUT2D eigenvalue weighted by Gasteiger charge is 2.65. The van der Waals surface area contributed by atoms with Crippen LogP contribution in [0.15, 0.2) is 34.2 Å². The highest BCUT2D eigenvalue weighted by molar-refractivity contribution is 8.45. The summed E-state index contributed by atoms with van der Waals surface area (Å²) < 4.78 is 102. The number of hydrogen-bond acceptors (Lipinski definition) is 5. The van der Waals surface area contributed by atoms with Crippen LogP contribution in [0.3, 0.4) is 0 Å². The van der Waals surface area contributed by atoms with E-state index >= 15 is 0 Å². The summed E-state index contributed by atoms with van der Waals surface area (Å²) in [5.74, 6) is -4.23. The normalized spacial score (nSPS) is 26.1. The van der Waals surface area contributed by atoms with Gasteiger partial charge in [-0.1, -0.05) is 31.6 Å². The van der Waals surface area contributed by atoms with Crippen LogP contribution in [0.4, 0.5) is 32.6 Å². The lowest BCUT2D eigenvalue weighted by Crippen LogP contribution is -2.57. The van der Waals surface area contributed by atoms with Gasteiger partial charge in [0.05, 0.1) is 11.5 Å². The summed E-state index contributed by atoms with van der Waals surface area (Å²) in [6.45, 7) is 2.66. The standard InChI is InChI=1S/C17H22F5N3O2S.C2HF3O2/c1-17(12-7-9-27-10-8-12)14(15(26)25(2)16(23)24-17)11-3-5-13(6-4-11)28(18,19,20,21)22;3-2(4,5)1(6)7/h3-6,12,14H,7-10H2,1-2H3,(H2,23,24);(H,6,7)/t14-,17+;/m0./s1. The summed E-state index contributed by atoms with van der Waals surface area (Å²) in [4.78, 5) is 25.5. The van der Waals surface area contributed by atoms with Crippen LogP contribution in [0, 0.1) is 5.92 Å². The summed E-state index contributed by atoms with van der Waals surface area (Å²) in [7, 11) is -8.37. The second-order valence-electron chi connectivity index (χ2n) is 8.25. The number of carboxylic acids is 1. The molecular formula is C19H23F8N3O4S. The maximum Gasteiger partial charge on any atom is 0.490 e. The zero-order valence-corrected chi connectivity index (χ0v) is 19.2. The van der Waals surface area contributed by atoms with E-state index in [-0.39, 0.29) is 17.4 Å². The third-order valence-electron chi connectivity index (χ3n) is 5.81. The van der Waals surface area contributed by atoms with Gasteiger partial charge in [0.1, 0.15) is 4.90 Å². The number of rotatable bonds is 3. The van der Waals surface area contributed by atoms with Crippen molar-refractivity contribution in [3.63, 3.8) is 0 Å². The summed E-state index contributed by atoms with van der Waals surface area (Å²) in [5, 5.41) is 7.12. The summed E-state index contributed by atoms with van der Waals surface area (Å²) in [6.07, 6.45) is -3.88. The van der Waals surface area contributed by atoms with Crippen molar-refractivity contribution in [2.75, 3.05) is 20.3 Å². The molecule has 2 atom stereocenters. The van der Waals surface area contributed by atoms with Crippen LogP contribution in [-0.4, -0.2) is 59.8 Å². The molecule has 7 nitrogen and oxygen atoms in total. The molecule has 0 aromatic heterocycles. The minimum Gasteiger partial charge on any atom is -0.475 e. The maximum atomic E-state index is 13.0. The smallest absolute Gasteiger partial charge is 0.475 e. The first-order valence-electron chi connectivity index (χ1n) is 9.92. The van der Waals surface area contributed by atoms with E-state index in [2.05, 4.69) is 4.99 Å². The van der Waals surface area contributed by atoms with Gasteiger partial charge in [0.25, 0.3) is 0 Å². The van der Waals surface area contributed by atoms with Crippen molar-refractivity contribution in [2.24, 2.45) is 16.6 Å². The van der Waals surface area contributed by atoms with E-state index in [9.17, 15) is 37.4 Å². The van der Waals surface area contributed by atoms with Crippen LogP contribution in [0.5, 0.6) is 0 Å². The van der Waals surface area contributed by atoms with Crippen LogP contribution in [0.25, 0.3) is 0 Å². The number of amides is 1. The number of aliphatic imine (C=N–C) groups is 1. The van der Waals surface area contributed by atoms with Gasteiger partial charge in [-0.3, -0.25) is 9.69 Å². The first-order valence-corrected chi connectivity index (χ1v) is 11.9. The Bertz CT molecular complexity index is 1010. The second-order valence-corrected chi connectivity index (χ2v) is 10.7. The van der Waals surface area contributed by atoms with E-state index in [0.29, 0.717) is 38.2 Å². The molecule has 1 aromatic carbocycles. The molecule has 2 heterocycles. The largest absolute Gasteiger partial charge is 0.490 e. The van der Waals surface area contributed by atoms with Gasteiger partial charge in [-0.15, -0.1) is 0 Å². The molecule has 200 valence electrons. The number of guanidine groups is 1. The number of carbonyl (C=O) groups is 2. The number of hydrogen-bond donors (Lipinski definition) is 2. The number of aliphatic carboxylic acids is 1. The molecule has 1 amide bonds. The van der Waals surface area contributed by atoms with E-state index in [1.54, 1.807) is 6.92 Å². The number of nitrogens with two attached hydrogens (primary N) is 1. The molecule has 1 saturated heterocycles. The fourth-order valence-corrected chi connectivity index (χ4v) is 4.60. The molecule has 0 aliphatic carbocycles. The molecule has 0 saturated carbocycles. The Balaban J connectivity index is 0.000000540. The summed E-state index contributed by atoms with van der Waals surface area (Å²) in [5.41, 5.74) is 5.06. The van der Waals surface area contributed by atoms with Gasteiger partial charge in [-0.05, 0) is 43.4 Å². The Morgan fingerprint density at radius 1 is 1.14 bits per heavy atom. The molecule has 3 rings (SSSR count). The average molecular weight is 541 g/mol. The van der Waals surface area contributed by atoms with Crippen molar-refractivity contribution in [3.8, 4) is 0 Å². The third kappa shape index (κ3) is 6.54. The molecule has 0 spiro atoms. The lowest BCUT2D eigenvalue weighted by atomic mass is 9.68. The van der Waals surface area contributed by atoms with E-state index in [0.717, 1.165) is 17.0 Å². The molecule has 0 radical (unpaired) electrons. The van der Waals surface area contributed by atoms with Gasteiger partial charge in [-0.25, -0.2) is 9.79 Å². The monoisotopic (exact) mass is 541 g/mol. The molecule has 16 heteroatoms. The van der Waals surface area contributed by atoms with Crippen LogP contribution in [0.1, 0.15) is 31.2 Å². The molecule has 1 aromatic rings. The van der Waals surface area contributed by atoms with Crippen LogP contribution < -0.4 is 5.73 Å². The van der Waals surface area contributed by atoms with Gasteiger partial charge in [0, 0.05) is 20.3 Å². The molecular weight excluding hydrogens is 518 g/mol. The predicted octanol–water partition coefficient (Wildman–Crippen LogP) is 5.03. The minimum atomic E-state index is -9.79. The fourth-order valence-electron chi connectivity index (χ4n) is 3.95. The van der Waals surface area contributed by atoms with Crippen molar-refractivity contribution in [2.45, 2.75) is 42.3 Å². The zero-order valence-electron chi connectivity index (χ0n) is 18.4. The molecule has 35 heavy (non-hydrogen) atoms. The fraction of sp³-hybridized carbons (Fsp3) is 0.526. The Morgan fingerprint density at radius 3 is 2.00 bits per heavy atom. The zero-order chi connectivity index (χ0) is 27.1. The first kappa shape index (κ1) is 28.6. The van der Waals surface area contributed by atoms with Gasteiger partial charge < -0.3 is 15.6 Å². The summed E-state index contributed by atoms with van der Waals surface area (Å²) in [6, 6.07) is 2.52. The van der Waals surface area contributed by atoms with Crippen molar-refractivity contribution < 1.29 is 52.0 Å². The summed E-state index contributed by atoms with van der Waals surface area (Å²) >= 11 is 0. The lowest BCUT2D eigenvalue weighted by molar-refractivity contribution is -0.192. The Hall–Kier alpha value is -2.62. The number of carbonyl (C=O) groups excluding carboxylic acids is 1. The van der Waals surface area contributed by atoms with Gasteiger partial charge in [-0.2, -0.15) is 13.2 Å². The SMILES string of the molecule is CN1C(=O)[C@H](c2ccc(S(F)(F)(F)(F)F)cc2)[C@@](C)(C2CCOCC2)N=C1N.O=C(O)C(F)(F)F. The maximum absolute atomic E-state index is 13.0. The van der Waals surface area contributed by atoms with E-state index in [1.807, 2.05) is 0 Å². The number of alkyl halides is 3. The molecule has 2 aliphatic heterocycles. The number of likely N-dealkylation sites (N-methyl/N-ethyl adjacent to an activating group) is 1. The quantitative estimate of drug-likeness (QED) is 0.523. The minimum absolute atomic E-state index is 0.0128. The van der Waals surface area contributed by atoms with Gasteiger partial charge in [0.15, 0.2) is 5.96 Å². The first-order chi connectivity index (χ1) is 15.6. The van der Waals surface area contributed by atoms with E-state index < -0.39 is 44.6 Å². The Morgan fingerprint density at radius 2 is 1.60 bits per heavy atom. The van der Waals surface area contributed by atoms with Crippen LogP contribution >= 0.6 is 10.2 Å². The van der Waals surface area contributed by atoms with Crippen molar-refractivity contribution in [1.82, 2.24) is 4.90 Å². The molecule has 1 fully saturated rings. The number of nitrogens with zero attached hydrogens (tertiary/aromatic N) is 2. The number of halogens is 8. The molecule has 0 unspecified atom stereocenters. The van der Waals surface area contributed by atoms with Gasteiger partial charge >= 0.3 is 22.4 Å². The van der Waals surface area contributed by atoms with Crippen molar-refractivity contribution in [3.05, 3.63) is 29.8 Å². The number of carboxylic acid groups (broad SMARTS) is 1. The Kier molecular flexibility index (Phi) is 6.95. The highest BCUT2D eigenvalue weighted by atomic mass is 32.5. The van der Waals surface area contributed by atoms with E-state index in [4.69, 9.17) is 20.4 Å². The van der Waals surface area contributed by atoms with Crippen molar-refractivity contribution >= 4 is 28.1 Å². The van der Waals surface area contributed by atoms with Gasteiger partial charge in [0.2, 0.25) is 5.91 Å². The van der Waals surface area contributed by atoms with Crippen molar-refractivity contribution in [1.29, 1.82) is 0 Å². The highest BCUT2D eigenvalue weighted by Crippen LogP contribution is 3.02. The topological polar surface area (TPSA) is 105 Å². The lowest BCUT2D eigenvalue weighted by Gasteiger charge is -2.46. The van der Waals surface area contributed by atoms with E-state index in [1.165, 1.54) is 7.05 Å². The molecule has 0 bridgehead atoms. The number of ether oxygens (including phenoxy) is 1. The predicted molar refractivity (Wildman–Crippen MR) is 111 cm³/mol. The molecule has 2 aliphatic rings. The van der Waals surface area contributed by atoms with Crippen LogP contribution in [0.2, 0.25) is 0 Å².